The Morgan fingerprint density at radius 3 is 2.40 bits per heavy atom. The van der Waals surface area contributed by atoms with E-state index in [1.54, 1.807) is 16.7 Å². The van der Waals surface area contributed by atoms with Crippen LogP contribution in [0.3, 0.4) is 0 Å². The summed E-state index contributed by atoms with van der Waals surface area (Å²) in [6.45, 7) is 2.57. The van der Waals surface area contributed by atoms with Crippen molar-refractivity contribution >= 4 is 29.0 Å². The fourth-order valence-electron chi connectivity index (χ4n) is 1.95. The van der Waals surface area contributed by atoms with Gasteiger partial charge in [0.2, 0.25) is 5.91 Å². The normalized spacial score (nSPS) is 10.2. The van der Waals surface area contributed by atoms with Crippen LogP contribution in [0.25, 0.3) is 0 Å². The maximum atomic E-state index is 12.3. The molecule has 2 aromatic rings. The van der Waals surface area contributed by atoms with E-state index in [4.69, 9.17) is 5.73 Å². The van der Waals surface area contributed by atoms with Gasteiger partial charge < -0.3 is 10.6 Å². The van der Waals surface area contributed by atoms with Gasteiger partial charge in [-0.2, -0.15) is 0 Å². The third-order valence-electron chi connectivity index (χ3n) is 2.95. The molecule has 0 atom stereocenters. The summed E-state index contributed by atoms with van der Waals surface area (Å²) < 4.78 is 0. The Kier molecular flexibility index (Phi) is 5.07. The number of nitrogens with two attached hydrogens (primary N) is 1. The maximum absolute atomic E-state index is 12.3. The van der Waals surface area contributed by atoms with Gasteiger partial charge in [0.05, 0.1) is 17.1 Å². The zero-order chi connectivity index (χ0) is 14.4. The van der Waals surface area contributed by atoms with Crippen LogP contribution in [0.15, 0.2) is 59.5 Å². The van der Waals surface area contributed by atoms with Crippen LogP contribution in [0.5, 0.6) is 0 Å². The minimum Gasteiger partial charge on any atom is -0.397 e. The molecule has 0 aliphatic rings. The second-order valence-corrected chi connectivity index (χ2v) is 5.35. The Balaban J connectivity index is 2.05. The number of carbonyl (C=O) groups is 1. The van der Waals surface area contributed by atoms with E-state index in [0.29, 0.717) is 18.0 Å². The van der Waals surface area contributed by atoms with Gasteiger partial charge in [0, 0.05) is 11.4 Å². The molecule has 0 saturated heterocycles. The van der Waals surface area contributed by atoms with Crippen molar-refractivity contribution in [2.24, 2.45) is 0 Å². The summed E-state index contributed by atoms with van der Waals surface area (Å²) in [7, 11) is 0. The number of nitrogen functional groups attached to an aromatic ring is 1. The van der Waals surface area contributed by atoms with E-state index in [1.165, 1.54) is 0 Å². The largest absolute Gasteiger partial charge is 0.397 e. The number of benzene rings is 2. The minimum atomic E-state index is 0.0688. The molecule has 0 radical (unpaired) electrons. The molecule has 0 saturated carbocycles. The lowest BCUT2D eigenvalue weighted by Crippen LogP contribution is -2.32. The van der Waals surface area contributed by atoms with Crippen molar-refractivity contribution in [1.29, 1.82) is 0 Å². The highest BCUT2D eigenvalue weighted by Crippen LogP contribution is 2.24. The number of nitrogens with zero attached hydrogens (tertiary/aromatic N) is 1. The van der Waals surface area contributed by atoms with Crippen LogP contribution < -0.4 is 10.6 Å². The quantitative estimate of drug-likeness (QED) is 0.677. The number of amides is 1. The average Bonchev–Trinajstić information content (AvgIpc) is 2.49. The Morgan fingerprint density at radius 2 is 1.75 bits per heavy atom. The maximum Gasteiger partial charge on any atom is 0.237 e. The van der Waals surface area contributed by atoms with Crippen molar-refractivity contribution < 1.29 is 4.79 Å². The van der Waals surface area contributed by atoms with E-state index in [2.05, 4.69) is 0 Å². The summed E-state index contributed by atoms with van der Waals surface area (Å²) in [6, 6.07) is 17.4. The van der Waals surface area contributed by atoms with Crippen LogP contribution in [0.2, 0.25) is 0 Å². The fraction of sp³-hybridized carbons (Fsp3) is 0.188. The van der Waals surface area contributed by atoms with Crippen LogP contribution in [0.1, 0.15) is 6.92 Å². The van der Waals surface area contributed by atoms with Crippen LogP contribution in [-0.4, -0.2) is 18.2 Å². The fourth-order valence-corrected chi connectivity index (χ4v) is 2.75. The minimum absolute atomic E-state index is 0.0688. The van der Waals surface area contributed by atoms with Gasteiger partial charge in [-0.15, -0.1) is 11.8 Å². The van der Waals surface area contributed by atoms with E-state index in [1.807, 2.05) is 61.5 Å². The van der Waals surface area contributed by atoms with E-state index < -0.39 is 0 Å². The molecule has 2 aromatic carbocycles. The lowest BCUT2D eigenvalue weighted by molar-refractivity contribution is -0.116. The second kappa shape index (κ2) is 7.01. The van der Waals surface area contributed by atoms with Crippen LogP contribution in [0, 0.1) is 0 Å². The number of anilines is 2. The summed E-state index contributed by atoms with van der Waals surface area (Å²) >= 11 is 1.54. The molecule has 2 rings (SSSR count). The number of rotatable bonds is 5. The highest BCUT2D eigenvalue weighted by Gasteiger charge is 2.15. The molecule has 2 N–H and O–H groups in total. The number of carbonyl (C=O) groups excluding carboxylic acids is 1. The molecule has 0 spiro atoms. The van der Waals surface area contributed by atoms with Crippen LogP contribution in [0.4, 0.5) is 11.4 Å². The number of thioether (sulfide) groups is 1. The molecule has 0 bridgehead atoms. The first-order valence-electron chi connectivity index (χ1n) is 6.55. The van der Waals surface area contributed by atoms with Gasteiger partial charge >= 0.3 is 0 Å². The highest BCUT2D eigenvalue weighted by atomic mass is 32.2. The highest BCUT2D eigenvalue weighted by molar-refractivity contribution is 8.00. The van der Waals surface area contributed by atoms with E-state index >= 15 is 0 Å². The van der Waals surface area contributed by atoms with Gasteiger partial charge in [0.1, 0.15) is 0 Å². The summed E-state index contributed by atoms with van der Waals surface area (Å²) in [5, 5.41) is 0. The van der Waals surface area contributed by atoms with Crippen LogP contribution >= 0.6 is 11.8 Å². The lowest BCUT2D eigenvalue weighted by atomic mass is 10.2. The molecular weight excluding hydrogens is 268 g/mol. The molecule has 0 aliphatic heterocycles. The first-order valence-corrected chi connectivity index (χ1v) is 7.53. The second-order valence-electron chi connectivity index (χ2n) is 4.30. The molecule has 0 aliphatic carbocycles. The summed E-state index contributed by atoms with van der Waals surface area (Å²) in [5.74, 6) is 0.478. The zero-order valence-corrected chi connectivity index (χ0v) is 12.3. The number of hydrogen-bond donors (Lipinski definition) is 1. The molecule has 3 nitrogen and oxygen atoms in total. The SMILES string of the molecule is CCN(C(=O)CSc1ccccc1)c1ccccc1N. The third-order valence-corrected chi connectivity index (χ3v) is 3.95. The van der Waals surface area contributed by atoms with Gasteiger partial charge in [-0.3, -0.25) is 4.79 Å². The van der Waals surface area contributed by atoms with E-state index in [9.17, 15) is 4.79 Å². The van der Waals surface area contributed by atoms with Gasteiger partial charge in [-0.1, -0.05) is 30.3 Å². The lowest BCUT2D eigenvalue weighted by Gasteiger charge is -2.22. The Labute approximate surface area is 123 Å². The monoisotopic (exact) mass is 286 g/mol. The topological polar surface area (TPSA) is 46.3 Å². The standard InChI is InChI=1S/C16H18N2OS/c1-2-18(15-11-7-6-10-14(15)17)16(19)12-20-13-8-4-3-5-9-13/h3-11H,2,12,17H2,1H3. The first kappa shape index (κ1) is 14.5. The molecule has 0 fully saturated rings. The number of hydrogen-bond acceptors (Lipinski definition) is 3. The van der Waals surface area contributed by atoms with Crippen molar-refractivity contribution in [3.8, 4) is 0 Å². The summed E-state index contributed by atoms with van der Waals surface area (Å²) in [4.78, 5) is 15.2. The Bertz CT molecular complexity index is 572. The van der Waals surface area contributed by atoms with Crippen molar-refractivity contribution in [1.82, 2.24) is 0 Å². The van der Waals surface area contributed by atoms with Gasteiger partial charge in [-0.05, 0) is 31.2 Å². The molecule has 0 aromatic heterocycles. The third kappa shape index (κ3) is 3.54. The molecule has 104 valence electrons. The van der Waals surface area contributed by atoms with Crippen molar-refractivity contribution in [3.05, 3.63) is 54.6 Å². The predicted octanol–water partition coefficient (Wildman–Crippen LogP) is 3.41. The Hall–Kier alpha value is -1.94. The summed E-state index contributed by atoms with van der Waals surface area (Å²) in [6.07, 6.45) is 0. The molecule has 20 heavy (non-hydrogen) atoms. The van der Waals surface area contributed by atoms with E-state index in [-0.39, 0.29) is 5.91 Å². The van der Waals surface area contributed by atoms with Crippen molar-refractivity contribution in [3.63, 3.8) is 0 Å². The molecule has 1 amide bonds. The molecule has 4 heteroatoms. The van der Waals surface area contributed by atoms with Gasteiger partial charge in [0.25, 0.3) is 0 Å². The van der Waals surface area contributed by atoms with Crippen LogP contribution in [-0.2, 0) is 4.79 Å². The number of para-hydroxylation sites is 2. The molecule has 0 unspecified atom stereocenters. The predicted molar refractivity (Wildman–Crippen MR) is 86.0 cm³/mol. The summed E-state index contributed by atoms with van der Waals surface area (Å²) in [5.41, 5.74) is 7.36. The molecule has 0 heterocycles. The zero-order valence-electron chi connectivity index (χ0n) is 11.5. The van der Waals surface area contributed by atoms with Crippen molar-refractivity contribution in [2.75, 3.05) is 22.9 Å². The van der Waals surface area contributed by atoms with Gasteiger partial charge in [0.15, 0.2) is 0 Å². The van der Waals surface area contributed by atoms with Crippen molar-refractivity contribution in [2.45, 2.75) is 11.8 Å². The first-order chi connectivity index (χ1) is 9.72. The Morgan fingerprint density at radius 1 is 1.10 bits per heavy atom. The molecular formula is C16H18N2OS. The van der Waals surface area contributed by atoms with E-state index in [0.717, 1.165) is 10.6 Å². The smallest absolute Gasteiger partial charge is 0.237 e. The van der Waals surface area contributed by atoms with Gasteiger partial charge in [-0.25, -0.2) is 0 Å². The average molecular weight is 286 g/mol.